The Morgan fingerprint density at radius 1 is 1.42 bits per heavy atom. The standard InChI is InChI=1S/C15H20ClNO2/c1-10-7-13(16)5-6-14(10)15(19)17-8-11-3-2-4-12(11)9-18/h5-7,11-12,18H,2-4,8-9H2,1H3,(H,17,19). The molecule has 0 spiro atoms. The Balaban J connectivity index is 1.94. The van der Waals surface area contributed by atoms with Gasteiger partial charge in [0.25, 0.3) is 5.91 Å². The van der Waals surface area contributed by atoms with Gasteiger partial charge in [-0.05, 0) is 55.4 Å². The first-order valence-electron chi connectivity index (χ1n) is 6.77. The van der Waals surface area contributed by atoms with Crippen molar-refractivity contribution in [3.8, 4) is 0 Å². The average Bonchev–Trinajstić information content (AvgIpc) is 2.83. The van der Waals surface area contributed by atoms with E-state index in [-0.39, 0.29) is 12.5 Å². The van der Waals surface area contributed by atoms with Crippen LogP contribution in [-0.2, 0) is 0 Å². The van der Waals surface area contributed by atoms with Gasteiger partial charge in [-0.2, -0.15) is 0 Å². The number of amides is 1. The van der Waals surface area contributed by atoms with Crippen LogP contribution in [0, 0.1) is 18.8 Å². The Labute approximate surface area is 119 Å². The van der Waals surface area contributed by atoms with Gasteiger partial charge in [0.15, 0.2) is 0 Å². The number of aryl methyl sites for hydroxylation is 1. The molecule has 0 bridgehead atoms. The van der Waals surface area contributed by atoms with Crippen molar-refractivity contribution in [1.82, 2.24) is 5.32 Å². The molecule has 19 heavy (non-hydrogen) atoms. The molecule has 104 valence electrons. The fourth-order valence-corrected chi connectivity index (χ4v) is 3.05. The van der Waals surface area contributed by atoms with Crippen molar-refractivity contribution >= 4 is 17.5 Å². The third kappa shape index (κ3) is 3.48. The van der Waals surface area contributed by atoms with E-state index >= 15 is 0 Å². The van der Waals surface area contributed by atoms with E-state index in [4.69, 9.17) is 11.6 Å². The second-order valence-electron chi connectivity index (χ2n) is 5.30. The summed E-state index contributed by atoms with van der Waals surface area (Å²) in [7, 11) is 0. The summed E-state index contributed by atoms with van der Waals surface area (Å²) in [4.78, 5) is 12.1. The molecular weight excluding hydrogens is 262 g/mol. The van der Waals surface area contributed by atoms with Gasteiger partial charge in [0.2, 0.25) is 0 Å². The summed E-state index contributed by atoms with van der Waals surface area (Å²) in [5, 5.41) is 12.9. The fraction of sp³-hybridized carbons (Fsp3) is 0.533. The van der Waals surface area contributed by atoms with Gasteiger partial charge in [-0.3, -0.25) is 4.79 Å². The highest BCUT2D eigenvalue weighted by Crippen LogP contribution is 2.30. The molecule has 0 aliphatic heterocycles. The van der Waals surface area contributed by atoms with E-state index in [0.29, 0.717) is 29.0 Å². The minimum absolute atomic E-state index is 0.0576. The first-order chi connectivity index (χ1) is 9.11. The van der Waals surface area contributed by atoms with Crippen LogP contribution in [0.1, 0.15) is 35.2 Å². The molecule has 1 saturated carbocycles. The summed E-state index contributed by atoms with van der Waals surface area (Å²) in [6.45, 7) is 2.75. The van der Waals surface area contributed by atoms with Gasteiger partial charge in [0.05, 0.1) is 0 Å². The van der Waals surface area contributed by atoms with Crippen molar-refractivity contribution in [2.24, 2.45) is 11.8 Å². The third-order valence-corrected chi connectivity index (χ3v) is 4.24. The Hall–Kier alpha value is -1.06. The Morgan fingerprint density at radius 3 is 2.84 bits per heavy atom. The molecule has 1 aromatic carbocycles. The van der Waals surface area contributed by atoms with Crippen molar-refractivity contribution in [3.05, 3.63) is 34.3 Å². The molecule has 2 rings (SSSR count). The minimum atomic E-state index is -0.0576. The number of aliphatic hydroxyl groups is 1. The second-order valence-corrected chi connectivity index (χ2v) is 5.74. The van der Waals surface area contributed by atoms with Crippen LogP contribution in [0.3, 0.4) is 0 Å². The number of carbonyl (C=O) groups is 1. The maximum absolute atomic E-state index is 12.1. The number of hydrogen-bond donors (Lipinski definition) is 2. The number of hydrogen-bond acceptors (Lipinski definition) is 2. The van der Waals surface area contributed by atoms with Crippen molar-refractivity contribution in [2.45, 2.75) is 26.2 Å². The quantitative estimate of drug-likeness (QED) is 0.892. The topological polar surface area (TPSA) is 49.3 Å². The van der Waals surface area contributed by atoms with Crippen molar-refractivity contribution in [3.63, 3.8) is 0 Å². The Bertz CT molecular complexity index is 461. The summed E-state index contributed by atoms with van der Waals surface area (Å²) >= 11 is 5.88. The van der Waals surface area contributed by atoms with Crippen LogP contribution in [0.2, 0.25) is 5.02 Å². The first kappa shape index (κ1) is 14.4. The van der Waals surface area contributed by atoms with Gasteiger partial charge < -0.3 is 10.4 Å². The molecule has 2 unspecified atom stereocenters. The van der Waals surface area contributed by atoms with Crippen LogP contribution in [0.5, 0.6) is 0 Å². The van der Waals surface area contributed by atoms with E-state index in [1.165, 1.54) is 0 Å². The predicted molar refractivity (Wildman–Crippen MR) is 76.4 cm³/mol. The SMILES string of the molecule is Cc1cc(Cl)ccc1C(=O)NCC1CCCC1CO. The van der Waals surface area contributed by atoms with E-state index in [0.717, 1.165) is 24.8 Å². The van der Waals surface area contributed by atoms with Crippen LogP contribution in [-0.4, -0.2) is 24.2 Å². The molecule has 1 amide bonds. The van der Waals surface area contributed by atoms with Crippen LogP contribution >= 0.6 is 11.6 Å². The molecule has 2 atom stereocenters. The summed E-state index contributed by atoms with van der Waals surface area (Å²) in [5.41, 5.74) is 1.55. The van der Waals surface area contributed by atoms with E-state index < -0.39 is 0 Å². The normalized spacial score (nSPS) is 22.5. The lowest BCUT2D eigenvalue weighted by molar-refractivity contribution is 0.0937. The third-order valence-electron chi connectivity index (χ3n) is 4.01. The maximum atomic E-state index is 12.1. The minimum Gasteiger partial charge on any atom is -0.396 e. The molecule has 1 fully saturated rings. The number of halogens is 1. The second kappa shape index (κ2) is 6.40. The summed E-state index contributed by atoms with van der Waals surface area (Å²) in [5.74, 6) is 0.686. The van der Waals surface area contributed by atoms with E-state index in [1.807, 2.05) is 6.92 Å². The molecule has 1 aliphatic carbocycles. The number of carbonyl (C=O) groups excluding carboxylic acids is 1. The highest BCUT2D eigenvalue weighted by molar-refractivity contribution is 6.30. The smallest absolute Gasteiger partial charge is 0.251 e. The highest BCUT2D eigenvalue weighted by atomic mass is 35.5. The number of nitrogens with one attached hydrogen (secondary N) is 1. The molecule has 0 saturated heterocycles. The van der Waals surface area contributed by atoms with Crippen LogP contribution in [0.15, 0.2) is 18.2 Å². The average molecular weight is 282 g/mol. The van der Waals surface area contributed by atoms with Gasteiger partial charge in [-0.1, -0.05) is 18.0 Å². The van der Waals surface area contributed by atoms with Crippen LogP contribution in [0.25, 0.3) is 0 Å². The summed E-state index contributed by atoms with van der Waals surface area (Å²) < 4.78 is 0. The van der Waals surface area contributed by atoms with E-state index in [2.05, 4.69) is 5.32 Å². The fourth-order valence-electron chi connectivity index (χ4n) is 2.82. The highest BCUT2D eigenvalue weighted by Gasteiger charge is 2.26. The number of rotatable bonds is 4. The van der Waals surface area contributed by atoms with E-state index in [1.54, 1.807) is 18.2 Å². The lowest BCUT2D eigenvalue weighted by Gasteiger charge is -2.18. The van der Waals surface area contributed by atoms with Crippen molar-refractivity contribution in [2.75, 3.05) is 13.2 Å². The molecule has 3 nitrogen and oxygen atoms in total. The van der Waals surface area contributed by atoms with Crippen molar-refractivity contribution < 1.29 is 9.90 Å². The Morgan fingerprint density at radius 2 is 2.16 bits per heavy atom. The van der Waals surface area contributed by atoms with Crippen LogP contribution in [0.4, 0.5) is 0 Å². The predicted octanol–water partition coefficient (Wildman–Crippen LogP) is 2.79. The number of benzene rings is 1. The molecule has 0 radical (unpaired) electrons. The van der Waals surface area contributed by atoms with Crippen LogP contribution < -0.4 is 5.32 Å². The zero-order valence-electron chi connectivity index (χ0n) is 11.2. The summed E-state index contributed by atoms with van der Waals surface area (Å²) in [6, 6.07) is 5.28. The number of aliphatic hydroxyl groups excluding tert-OH is 1. The maximum Gasteiger partial charge on any atom is 0.251 e. The summed E-state index contributed by atoms with van der Waals surface area (Å²) in [6.07, 6.45) is 3.30. The van der Waals surface area contributed by atoms with E-state index in [9.17, 15) is 9.90 Å². The van der Waals surface area contributed by atoms with Gasteiger partial charge in [-0.25, -0.2) is 0 Å². The lowest BCUT2D eigenvalue weighted by atomic mass is 9.97. The zero-order valence-corrected chi connectivity index (χ0v) is 11.9. The molecule has 4 heteroatoms. The van der Waals surface area contributed by atoms with Crippen molar-refractivity contribution in [1.29, 1.82) is 0 Å². The van der Waals surface area contributed by atoms with Gasteiger partial charge in [-0.15, -0.1) is 0 Å². The molecule has 2 N–H and O–H groups in total. The zero-order chi connectivity index (χ0) is 13.8. The molecular formula is C15H20ClNO2. The van der Waals surface area contributed by atoms with Gasteiger partial charge >= 0.3 is 0 Å². The first-order valence-corrected chi connectivity index (χ1v) is 7.15. The van der Waals surface area contributed by atoms with Gasteiger partial charge in [0.1, 0.15) is 0 Å². The largest absolute Gasteiger partial charge is 0.396 e. The molecule has 1 aliphatic rings. The monoisotopic (exact) mass is 281 g/mol. The van der Waals surface area contributed by atoms with Gasteiger partial charge in [0, 0.05) is 23.7 Å². The molecule has 1 aromatic rings. The lowest BCUT2D eigenvalue weighted by Crippen LogP contribution is -2.32. The molecule has 0 aromatic heterocycles. The Kier molecular flexibility index (Phi) is 4.83. The molecule has 0 heterocycles.